The lowest BCUT2D eigenvalue weighted by atomic mass is 9.96. The molecule has 0 aromatic carbocycles. The number of carbonyl (C=O) groups is 1. The van der Waals surface area contributed by atoms with E-state index in [1.165, 1.54) is 25.7 Å². The standard InChI is InChI=1S/C17H27N3O3/c1-13-8-16(18-23-13)17(22)20-10-14(15(11-20)12-21)9-19-6-4-2-3-5-7-19/h8,14-15,21H,2-7,9-12H2,1H3/t14-,15-/m1/s1. The maximum Gasteiger partial charge on any atom is 0.276 e. The predicted octanol–water partition coefficient (Wildman–Crippen LogP) is 1.54. The molecular weight excluding hydrogens is 294 g/mol. The SMILES string of the molecule is Cc1cc(C(=O)N2C[C@@H](CN3CCCCCC3)[C@@H](CO)C2)no1. The minimum absolute atomic E-state index is 0.0846. The summed E-state index contributed by atoms with van der Waals surface area (Å²) in [7, 11) is 0. The highest BCUT2D eigenvalue weighted by molar-refractivity contribution is 5.92. The molecule has 2 aliphatic rings. The van der Waals surface area contributed by atoms with Crippen LogP contribution in [-0.2, 0) is 0 Å². The van der Waals surface area contributed by atoms with Crippen LogP contribution in [0.2, 0.25) is 0 Å². The third-order valence-corrected chi connectivity index (χ3v) is 5.14. The molecule has 23 heavy (non-hydrogen) atoms. The molecule has 1 amide bonds. The molecule has 2 atom stereocenters. The van der Waals surface area contributed by atoms with Gasteiger partial charge in [0.25, 0.3) is 5.91 Å². The Hall–Kier alpha value is -1.40. The van der Waals surface area contributed by atoms with Gasteiger partial charge in [0.15, 0.2) is 5.69 Å². The van der Waals surface area contributed by atoms with Gasteiger partial charge in [-0.15, -0.1) is 0 Å². The average molecular weight is 321 g/mol. The van der Waals surface area contributed by atoms with Crippen molar-refractivity contribution in [3.05, 3.63) is 17.5 Å². The number of aliphatic hydroxyl groups excluding tert-OH is 1. The van der Waals surface area contributed by atoms with Gasteiger partial charge >= 0.3 is 0 Å². The molecule has 1 N–H and O–H groups in total. The fraction of sp³-hybridized carbons (Fsp3) is 0.765. The Morgan fingerprint density at radius 2 is 1.96 bits per heavy atom. The summed E-state index contributed by atoms with van der Waals surface area (Å²) in [4.78, 5) is 16.9. The van der Waals surface area contributed by atoms with E-state index in [1.807, 2.05) is 4.90 Å². The van der Waals surface area contributed by atoms with E-state index in [1.54, 1.807) is 13.0 Å². The molecule has 0 saturated carbocycles. The van der Waals surface area contributed by atoms with Gasteiger partial charge in [-0.3, -0.25) is 4.79 Å². The van der Waals surface area contributed by atoms with Crippen molar-refractivity contribution < 1.29 is 14.4 Å². The summed E-state index contributed by atoms with van der Waals surface area (Å²) in [5.41, 5.74) is 0.370. The summed E-state index contributed by atoms with van der Waals surface area (Å²) in [6, 6.07) is 1.68. The predicted molar refractivity (Wildman–Crippen MR) is 86.1 cm³/mol. The quantitative estimate of drug-likeness (QED) is 0.911. The second kappa shape index (κ2) is 7.45. The number of rotatable bonds is 4. The number of aromatic nitrogens is 1. The second-order valence-corrected chi connectivity index (χ2v) is 6.95. The molecule has 1 aromatic heterocycles. The maximum absolute atomic E-state index is 12.5. The number of amides is 1. The zero-order chi connectivity index (χ0) is 16.2. The molecule has 6 nitrogen and oxygen atoms in total. The van der Waals surface area contributed by atoms with Crippen molar-refractivity contribution >= 4 is 5.91 Å². The fourth-order valence-corrected chi connectivity index (χ4v) is 3.80. The molecule has 2 aliphatic heterocycles. The summed E-state index contributed by atoms with van der Waals surface area (Å²) in [6.07, 6.45) is 5.16. The van der Waals surface area contributed by atoms with E-state index in [4.69, 9.17) is 4.52 Å². The first-order chi connectivity index (χ1) is 11.2. The molecule has 6 heteroatoms. The molecule has 2 saturated heterocycles. The zero-order valence-electron chi connectivity index (χ0n) is 13.9. The third-order valence-electron chi connectivity index (χ3n) is 5.14. The Labute approximate surface area is 137 Å². The smallest absolute Gasteiger partial charge is 0.276 e. The largest absolute Gasteiger partial charge is 0.396 e. The summed E-state index contributed by atoms with van der Waals surface area (Å²) < 4.78 is 5.01. The van der Waals surface area contributed by atoms with Crippen LogP contribution in [0.1, 0.15) is 41.9 Å². The van der Waals surface area contributed by atoms with Gasteiger partial charge in [0.05, 0.1) is 0 Å². The lowest BCUT2D eigenvalue weighted by Gasteiger charge is -2.26. The minimum Gasteiger partial charge on any atom is -0.396 e. The van der Waals surface area contributed by atoms with Gasteiger partial charge in [0.2, 0.25) is 0 Å². The van der Waals surface area contributed by atoms with Crippen LogP contribution < -0.4 is 0 Å². The van der Waals surface area contributed by atoms with Crippen LogP contribution in [0.15, 0.2) is 10.6 Å². The summed E-state index contributed by atoms with van der Waals surface area (Å²) >= 11 is 0. The first-order valence-corrected chi connectivity index (χ1v) is 8.73. The van der Waals surface area contributed by atoms with Gasteiger partial charge in [-0.05, 0) is 38.8 Å². The van der Waals surface area contributed by atoms with Crippen LogP contribution in [0, 0.1) is 18.8 Å². The van der Waals surface area contributed by atoms with Crippen LogP contribution in [0.25, 0.3) is 0 Å². The average Bonchev–Trinajstić information content (AvgIpc) is 3.06. The van der Waals surface area contributed by atoms with E-state index >= 15 is 0 Å². The maximum atomic E-state index is 12.5. The van der Waals surface area contributed by atoms with Gasteiger partial charge in [0.1, 0.15) is 5.76 Å². The zero-order valence-corrected chi connectivity index (χ0v) is 13.9. The fourth-order valence-electron chi connectivity index (χ4n) is 3.80. The number of aliphatic hydroxyl groups is 1. The van der Waals surface area contributed by atoms with Crippen LogP contribution >= 0.6 is 0 Å². The lowest BCUT2D eigenvalue weighted by Crippen LogP contribution is -2.35. The van der Waals surface area contributed by atoms with Gasteiger partial charge in [-0.25, -0.2) is 0 Å². The molecule has 0 spiro atoms. The Bertz CT molecular complexity index is 523. The minimum atomic E-state index is -0.0846. The Kier molecular flexibility index (Phi) is 5.33. The number of hydrogen-bond donors (Lipinski definition) is 1. The first-order valence-electron chi connectivity index (χ1n) is 8.73. The second-order valence-electron chi connectivity index (χ2n) is 6.95. The van der Waals surface area contributed by atoms with Crippen LogP contribution in [-0.4, -0.2) is 65.3 Å². The summed E-state index contributed by atoms with van der Waals surface area (Å²) in [5, 5.41) is 13.5. The molecular formula is C17H27N3O3. The Morgan fingerprint density at radius 1 is 1.26 bits per heavy atom. The summed E-state index contributed by atoms with van der Waals surface area (Å²) in [5.74, 6) is 1.07. The van der Waals surface area contributed by atoms with E-state index in [0.29, 0.717) is 30.5 Å². The molecule has 2 fully saturated rings. The van der Waals surface area contributed by atoms with E-state index in [9.17, 15) is 9.90 Å². The van der Waals surface area contributed by atoms with Crippen molar-refractivity contribution in [2.75, 3.05) is 39.3 Å². The van der Waals surface area contributed by atoms with Crippen molar-refractivity contribution in [3.63, 3.8) is 0 Å². The summed E-state index contributed by atoms with van der Waals surface area (Å²) in [6.45, 7) is 6.50. The molecule has 1 aromatic rings. The van der Waals surface area contributed by atoms with Crippen LogP contribution in [0.3, 0.4) is 0 Å². The Balaban J connectivity index is 1.61. The van der Waals surface area contributed by atoms with E-state index in [2.05, 4.69) is 10.1 Å². The first kappa shape index (κ1) is 16.5. The van der Waals surface area contributed by atoms with Crippen LogP contribution in [0.5, 0.6) is 0 Å². The van der Waals surface area contributed by atoms with Gasteiger partial charge < -0.3 is 19.4 Å². The number of carbonyl (C=O) groups excluding carboxylic acids is 1. The molecule has 0 bridgehead atoms. The topological polar surface area (TPSA) is 69.8 Å². The van der Waals surface area contributed by atoms with E-state index in [0.717, 1.165) is 19.6 Å². The highest BCUT2D eigenvalue weighted by atomic mass is 16.5. The van der Waals surface area contributed by atoms with Crippen molar-refractivity contribution in [3.8, 4) is 0 Å². The Morgan fingerprint density at radius 3 is 2.57 bits per heavy atom. The molecule has 3 heterocycles. The van der Waals surface area contributed by atoms with Gasteiger partial charge in [0, 0.05) is 38.2 Å². The molecule has 0 radical (unpaired) electrons. The van der Waals surface area contributed by atoms with Gasteiger partial charge in [-0.1, -0.05) is 18.0 Å². The number of hydrogen-bond acceptors (Lipinski definition) is 5. The van der Waals surface area contributed by atoms with Gasteiger partial charge in [-0.2, -0.15) is 0 Å². The molecule has 0 unspecified atom stereocenters. The number of aryl methyl sites for hydroxylation is 1. The number of nitrogens with zero attached hydrogens (tertiary/aromatic N) is 3. The monoisotopic (exact) mass is 321 g/mol. The third kappa shape index (κ3) is 3.93. The molecule has 3 rings (SSSR count). The molecule has 128 valence electrons. The highest BCUT2D eigenvalue weighted by Gasteiger charge is 2.36. The highest BCUT2D eigenvalue weighted by Crippen LogP contribution is 2.26. The number of likely N-dealkylation sites (tertiary alicyclic amines) is 2. The van der Waals surface area contributed by atoms with Crippen molar-refractivity contribution in [2.45, 2.75) is 32.6 Å². The van der Waals surface area contributed by atoms with Crippen LogP contribution in [0.4, 0.5) is 0 Å². The van der Waals surface area contributed by atoms with Crippen molar-refractivity contribution in [1.29, 1.82) is 0 Å². The molecule has 0 aliphatic carbocycles. The lowest BCUT2D eigenvalue weighted by molar-refractivity contribution is 0.0768. The van der Waals surface area contributed by atoms with Crippen molar-refractivity contribution in [1.82, 2.24) is 15.0 Å². The van der Waals surface area contributed by atoms with E-state index < -0.39 is 0 Å². The normalized spacial score (nSPS) is 26.4. The van der Waals surface area contributed by atoms with E-state index in [-0.39, 0.29) is 18.4 Å². The van der Waals surface area contributed by atoms with Crippen molar-refractivity contribution in [2.24, 2.45) is 11.8 Å².